The molecule has 1 aromatic carbocycles. The highest BCUT2D eigenvalue weighted by atomic mass is 16.5. The van der Waals surface area contributed by atoms with Gasteiger partial charge in [0.25, 0.3) is 0 Å². The highest BCUT2D eigenvalue weighted by Crippen LogP contribution is 2.27. The molecule has 0 aliphatic rings. The largest absolute Gasteiger partial charge is 0.496 e. The first kappa shape index (κ1) is 12.8. The molecule has 0 aliphatic carbocycles. The van der Waals surface area contributed by atoms with Gasteiger partial charge in [0, 0.05) is 11.6 Å². The molecule has 0 heterocycles. The van der Waals surface area contributed by atoms with Crippen LogP contribution in [0.1, 0.15) is 36.4 Å². The van der Waals surface area contributed by atoms with E-state index in [-0.39, 0.29) is 6.04 Å². The maximum atomic E-state index is 6.15. The maximum absolute atomic E-state index is 6.15. The van der Waals surface area contributed by atoms with Gasteiger partial charge < -0.3 is 10.5 Å². The summed E-state index contributed by atoms with van der Waals surface area (Å²) < 4.78 is 5.35. The standard InChI is InChI=1S/C14H21NO/c1-4-5-6-7-13(15)12-9-8-11(2)10-14(12)16-3/h4,8-10,13H,1,5-7,15H2,2-3H3. The van der Waals surface area contributed by atoms with Gasteiger partial charge in [-0.2, -0.15) is 0 Å². The van der Waals surface area contributed by atoms with E-state index in [4.69, 9.17) is 10.5 Å². The topological polar surface area (TPSA) is 35.2 Å². The third-order valence-corrected chi connectivity index (χ3v) is 2.71. The van der Waals surface area contributed by atoms with Crippen molar-refractivity contribution in [3.63, 3.8) is 0 Å². The van der Waals surface area contributed by atoms with Gasteiger partial charge >= 0.3 is 0 Å². The number of rotatable bonds is 6. The summed E-state index contributed by atoms with van der Waals surface area (Å²) in [7, 11) is 1.69. The van der Waals surface area contributed by atoms with E-state index in [2.05, 4.69) is 25.6 Å². The summed E-state index contributed by atoms with van der Waals surface area (Å²) in [6, 6.07) is 6.22. The Labute approximate surface area is 98.1 Å². The average Bonchev–Trinajstić information content (AvgIpc) is 2.29. The molecule has 88 valence electrons. The minimum Gasteiger partial charge on any atom is -0.496 e. The zero-order valence-corrected chi connectivity index (χ0v) is 10.2. The number of ether oxygens (including phenoxy) is 1. The lowest BCUT2D eigenvalue weighted by atomic mass is 9.99. The molecule has 0 saturated carbocycles. The third-order valence-electron chi connectivity index (χ3n) is 2.71. The predicted molar refractivity (Wildman–Crippen MR) is 68.7 cm³/mol. The second-order valence-electron chi connectivity index (χ2n) is 4.07. The second kappa shape index (κ2) is 6.33. The number of hydrogen-bond acceptors (Lipinski definition) is 2. The molecule has 0 saturated heterocycles. The van der Waals surface area contributed by atoms with Gasteiger partial charge in [-0.3, -0.25) is 0 Å². The van der Waals surface area contributed by atoms with Crippen LogP contribution in [0.15, 0.2) is 30.9 Å². The van der Waals surface area contributed by atoms with Crippen LogP contribution in [0, 0.1) is 6.92 Å². The molecule has 0 aliphatic heterocycles. The van der Waals surface area contributed by atoms with Crippen molar-refractivity contribution < 1.29 is 4.74 Å². The van der Waals surface area contributed by atoms with Gasteiger partial charge in [0.05, 0.1) is 7.11 Å². The smallest absolute Gasteiger partial charge is 0.123 e. The van der Waals surface area contributed by atoms with Crippen molar-refractivity contribution >= 4 is 0 Å². The van der Waals surface area contributed by atoms with Gasteiger partial charge in [0.1, 0.15) is 5.75 Å². The van der Waals surface area contributed by atoms with E-state index in [1.165, 1.54) is 5.56 Å². The van der Waals surface area contributed by atoms with Gasteiger partial charge in [-0.15, -0.1) is 6.58 Å². The number of unbranched alkanes of at least 4 members (excludes halogenated alkanes) is 1. The van der Waals surface area contributed by atoms with Crippen LogP contribution in [0.2, 0.25) is 0 Å². The SMILES string of the molecule is C=CCCCC(N)c1ccc(C)cc1OC. The van der Waals surface area contributed by atoms with Crippen LogP contribution in [0.3, 0.4) is 0 Å². The lowest BCUT2D eigenvalue weighted by molar-refractivity contribution is 0.403. The maximum Gasteiger partial charge on any atom is 0.123 e. The number of hydrogen-bond donors (Lipinski definition) is 1. The third kappa shape index (κ3) is 3.38. The molecule has 0 amide bonds. The average molecular weight is 219 g/mol. The van der Waals surface area contributed by atoms with Gasteiger partial charge in [0.15, 0.2) is 0 Å². The molecule has 1 rings (SSSR count). The van der Waals surface area contributed by atoms with E-state index < -0.39 is 0 Å². The number of aryl methyl sites for hydroxylation is 1. The quantitative estimate of drug-likeness (QED) is 0.588. The molecule has 1 atom stereocenters. The van der Waals surface area contributed by atoms with E-state index in [9.17, 15) is 0 Å². The minimum absolute atomic E-state index is 0.0514. The Kier molecular flexibility index (Phi) is 5.06. The Morgan fingerprint density at radius 3 is 2.88 bits per heavy atom. The fourth-order valence-electron chi connectivity index (χ4n) is 1.76. The van der Waals surface area contributed by atoms with Crippen molar-refractivity contribution in [3.8, 4) is 5.75 Å². The van der Waals surface area contributed by atoms with Crippen LogP contribution in [-0.2, 0) is 0 Å². The van der Waals surface area contributed by atoms with Crippen molar-refractivity contribution in [2.45, 2.75) is 32.2 Å². The van der Waals surface area contributed by atoms with E-state index in [0.29, 0.717) is 0 Å². The number of allylic oxidation sites excluding steroid dienone is 1. The molecule has 0 fully saturated rings. The van der Waals surface area contributed by atoms with Gasteiger partial charge in [-0.1, -0.05) is 18.2 Å². The van der Waals surface area contributed by atoms with Crippen LogP contribution < -0.4 is 10.5 Å². The summed E-state index contributed by atoms with van der Waals surface area (Å²) >= 11 is 0. The van der Waals surface area contributed by atoms with Crippen LogP contribution in [0.25, 0.3) is 0 Å². The van der Waals surface area contributed by atoms with Gasteiger partial charge in [-0.25, -0.2) is 0 Å². The first-order valence-electron chi connectivity index (χ1n) is 5.70. The van der Waals surface area contributed by atoms with Crippen LogP contribution >= 0.6 is 0 Å². The highest BCUT2D eigenvalue weighted by molar-refractivity contribution is 5.39. The monoisotopic (exact) mass is 219 g/mol. The molecule has 2 nitrogen and oxygen atoms in total. The van der Waals surface area contributed by atoms with E-state index >= 15 is 0 Å². The molecule has 0 radical (unpaired) electrons. The molecular weight excluding hydrogens is 198 g/mol. The van der Waals surface area contributed by atoms with Crippen molar-refractivity contribution in [3.05, 3.63) is 42.0 Å². The highest BCUT2D eigenvalue weighted by Gasteiger charge is 2.11. The Morgan fingerprint density at radius 1 is 1.50 bits per heavy atom. The predicted octanol–water partition coefficient (Wildman–Crippen LogP) is 3.36. The van der Waals surface area contributed by atoms with Crippen molar-refractivity contribution in [1.29, 1.82) is 0 Å². The normalized spacial score (nSPS) is 12.2. The minimum atomic E-state index is 0.0514. The molecule has 0 bridgehead atoms. The summed E-state index contributed by atoms with van der Waals surface area (Å²) in [6.07, 6.45) is 4.98. The summed E-state index contributed by atoms with van der Waals surface area (Å²) in [6.45, 7) is 5.76. The zero-order chi connectivity index (χ0) is 12.0. The first-order valence-corrected chi connectivity index (χ1v) is 5.70. The van der Waals surface area contributed by atoms with Crippen molar-refractivity contribution in [1.82, 2.24) is 0 Å². The second-order valence-corrected chi connectivity index (χ2v) is 4.07. The number of methoxy groups -OCH3 is 1. The summed E-state index contributed by atoms with van der Waals surface area (Å²) in [5, 5.41) is 0. The van der Waals surface area contributed by atoms with E-state index in [0.717, 1.165) is 30.6 Å². The molecule has 0 aromatic heterocycles. The Hall–Kier alpha value is -1.28. The summed E-state index contributed by atoms with van der Waals surface area (Å²) in [4.78, 5) is 0. The molecular formula is C14H21NO. The van der Waals surface area contributed by atoms with Crippen molar-refractivity contribution in [2.75, 3.05) is 7.11 Å². The molecule has 1 aromatic rings. The summed E-state index contributed by atoms with van der Waals surface area (Å²) in [5.74, 6) is 0.895. The Balaban J connectivity index is 2.73. The van der Waals surface area contributed by atoms with Gasteiger partial charge in [0.2, 0.25) is 0 Å². The van der Waals surface area contributed by atoms with E-state index in [1.54, 1.807) is 7.11 Å². The fraction of sp³-hybridized carbons (Fsp3) is 0.429. The van der Waals surface area contributed by atoms with E-state index in [1.807, 2.05) is 12.1 Å². The summed E-state index contributed by atoms with van der Waals surface area (Å²) in [5.41, 5.74) is 8.44. The van der Waals surface area contributed by atoms with Crippen molar-refractivity contribution in [2.24, 2.45) is 5.73 Å². The lowest BCUT2D eigenvalue weighted by Crippen LogP contribution is -2.11. The number of benzene rings is 1. The Bertz CT molecular complexity index is 347. The zero-order valence-electron chi connectivity index (χ0n) is 10.2. The first-order chi connectivity index (χ1) is 7.69. The van der Waals surface area contributed by atoms with Crippen LogP contribution in [-0.4, -0.2) is 7.11 Å². The molecule has 2 heteroatoms. The van der Waals surface area contributed by atoms with Crippen LogP contribution in [0.4, 0.5) is 0 Å². The Morgan fingerprint density at radius 2 is 2.25 bits per heavy atom. The molecule has 2 N–H and O–H groups in total. The van der Waals surface area contributed by atoms with Crippen LogP contribution in [0.5, 0.6) is 5.75 Å². The number of nitrogens with two attached hydrogens (primary N) is 1. The molecule has 0 spiro atoms. The fourth-order valence-corrected chi connectivity index (χ4v) is 1.76. The lowest BCUT2D eigenvalue weighted by Gasteiger charge is -2.15. The molecule has 1 unspecified atom stereocenters. The molecule has 16 heavy (non-hydrogen) atoms. The van der Waals surface area contributed by atoms with Gasteiger partial charge in [-0.05, 0) is 37.8 Å².